The number of hydrogen-bond donors (Lipinski definition) is 6. The zero-order valence-corrected chi connectivity index (χ0v) is 34.6. The van der Waals surface area contributed by atoms with E-state index in [1.54, 1.807) is 62.4 Å². The molecule has 9 N–H and O–H groups in total. The molecule has 0 aliphatic heterocycles. The molecular weight excluding hydrogens is 895 g/mol. The van der Waals surface area contributed by atoms with Gasteiger partial charge in [-0.2, -0.15) is 8.42 Å². The number of azo groups is 2. The minimum Gasteiger partial charge on any atom is -0.545 e. The third-order valence-electron chi connectivity index (χ3n) is 7.86. The second kappa shape index (κ2) is 18.3. The van der Waals surface area contributed by atoms with Crippen LogP contribution in [0.1, 0.15) is 32.1 Å². The Morgan fingerprint density at radius 2 is 1.31 bits per heavy atom. The maximum Gasteiger partial charge on any atom is 0.345 e. The smallest absolute Gasteiger partial charge is 0.345 e. The SMILES string of the molecule is Cc1[nH]n(-c2cccc(Cl)c2)c(=O)c1N=Nc1ccc(S(N)(=O)=O)cc1C(=O)[O-].Cc1[nH]n(-c2cccc(Cl)c2)c(=O)c1[NH+]=Nc1ccc(S([NH3+])(=O)=O)cc1C(=O)O.[Cr]. The van der Waals surface area contributed by atoms with Gasteiger partial charge in [-0.15, -0.1) is 10.2 Å². The fraction of sp³-hybridized carbons (Fsp3) is 0.0588. The van der Waals surface area contributed by atoms with Crippen LogP contribution >= 0.6 is 23.2 Å². The van der Waals surface area contributed by atoms with Crippen molar-refractivity contribution < 1.29 is 64.3 Å². The number of aromatic nitrogens is 4. The van der Waals surface area contributed by atoms with E-state index >= 15 is 0 Å². The van der Waals surface area contributed by atoms with Crippen LogP contribution in [0.4, 0.5) is 22.7 Å². The largest absolute Gasteiger partial charge is 0.545 e. The van der Waals surface area contributed by atoms with Gasteiger partial charge >= 0.3 is 27.2 Å². The molecule has 0 amide bonds. The van der Waals surface area contributed by atoms with Gasteiger partial charge in [0.15, 0.2) is 5.69 Å². The number of nitrogens with one attached hydrogen (secondary N) is 3. The number of primary sulfonamides is 1. The van der Waals surface area contributed by atoms with E-state index in [1.165, 1.54) is 21.5 Å². The van der Waals surface area contributed by atoms with Gasteiger partial charge in [0.2, 0.25) is 10.0 Å². The molecule has 2 heterocycles. The van der Waals surface area contributed by atoms with Gasteiger partial charge in [0.1, 0.15) is 16.3 Å². The summed E-state index contributed by atoms with van der Waals surface area (Å²) in [6.07, 6.45) is 0. The Labute approximate surface area is 353 Å². The van der Waals surface area contributed by atoms with Crippen LogP contribution in [0.15, 0.2) is 120 Å². The number of aromatic carboxylic acids is 2. The Hall–Kier alpha value is -6.03. The monoisotopic (exact) mass is 923 g/mol. The number of nitrogens with two attached hydrogens (primary N) is 1. The molecule has 0 bridgehead atoms. The van der Waals surface area contributed by atoms with Crippen molar-refractivity contribution in [1.82, 2.24) is 19.6 Å². The van der Waals surface area contributed by atoms with E-state index in [-0.39, 0.29) is 50.6 Å². The van der Waals surface area contributed by atoms with E-state index < -0.39 is 53.6 Å². The number of rotatable bonds is 10. The molecule has 0 unspecified atom stereocenters. The van der Waals surface area contributed by atoms with Crippen LogP contribution in [0.3, 0.4) is 0 Å². The zero-order chi connectivity index (χ0) is 42.7. The molecule has 0 spiro atoms. The Morgan fingerprint density at radius 1 is 0.780 bits per heavy atom. The number of sulfonamides is 2. The van der Waals surface area contributed by atoms with Crippen LogP contribution in [-0.2, 0) is 37.4 Å². The number of aryl methyl sites for hydroxylation is 2. The molecule has 25 heteroatoms. The summed E-state index contributed by atoms with van der Waals surface area (Å²) in [4.78, 5) is 47.5. The average Bonchev–Trinajstić information content (AvgIpc) is 3.60. The molecule has 4 aromatic carbocycles. The standard InChI is InChI=1S/2C17H14ClN5O5S.Cr/c2*1-9-15(16(24)23(22-9)11-4-2-3-10(18)7-11)21-20-14-6-5-12(29(19,27)28)8-13(14)17(25)26;/h2*2-8,22H,1H3,(H,25,26)(H2,19,27,28);/p+1. The summed E-state index contributed by atoms with van der Waals surface area (Å²) in [5.41, 5.74) is -0.315. The van der Waals surface area contributed by atoms with Gasteiger partial charge in [-0.1, -0.05) is 40.4 Å². The van der Waals surface area contributed by atoms with Crippen LogP contribution in [-0.4, -0.2) is 53.4 Å². The predicted octanol–water partition coefficient (Wildman–Crippen LogP) is 1.80. The molecule has 6 aromatic rings. The van der Waals surface area contributed by atoms with Crippen molar-refractivity contribution >= 4 is 77.9 Å². The van der Waals surface area contributed by atoms with Gasteiger partial charge in [-0.25, -0.2) is 32.9 Å². The number of carboxylic acid groups (broad SMARTS) is 2. The number of benzene rings is 4. The molecule has 2 aromatic heterocycles. The first-order chi connectivity index (χ1) is 27.1. The fourth-order valence-corrected chi connectivity index (χ4v) is 6.55. The number of H-pyrrole nitrogens is 2. The van der Waals surface area contributed by atoms with E-state index in [1.807, 2.05) is 0 Å². The van der Waals surface area contributed by atoms with Crippen LogP contribution in [0.5, 0.6) is 0 Å². The maximum absolute atomic E-state index is 12.7. The number of hydrogen-bond acceptors (Lipinski definition) is 12. The molecule has 0 atom stereocenters. The average molecular weight is 925 g/mol. The molecule has 0 aliphatic carbocycles. The number of aromatic amines is 2. The molecule has 0 saturated carbocycles. The number of quaternary nitrogens is 1. The maximum atomic E-state index is 12.7. The van der Waals surface area contributed by atoms with Gasteiger partial charge in [-0.05, 0) is 91.8 Å². The summed E-state index contributed by atoms with van der Waals surface area (Å²) >= 11 is 11.9. The third-order valence-corrected chi connectivity index (χ3v) is 10.2. The van der Waals surface area contributed by atoms with Crippen LogP contribution < -0.4 is 31.6 Å². The van der Waals surface area contributed by atoms with Crippen LogP contribution in [0.25, 0.3) is 11.4 Å². The molecule has 0 saturated heterocycles. The van der Waals surface area contributed by atoms with Crippen LogP contribution in [0.2, 0.25) is 10.0 Å². The predicted molar refractivity (Wildman–Crippen MR) is 205 cm³/mol. The first-order valence-corrected chi connectivity index (χ1v) is 20.0. The quantitative estimate of drug-likeness (QED) is 0.108. The van der Waals surface area contributed by atoms with Crippen molar-refractivity contribution in [2.45, 2.75) is 23.6 Å². The molecule has 59 heavy (non-hydrogen) atoms. The van der Waals surface area contributed by atoms with Gasteiger partial charge < -0.3 is 15.0 Å². The van der Waals surface area contributed by atoms with Crippen molar-refractivity contribution in [3.63, 3.8) is 0 Å². The summed E-state index contributed by atoms with van der Waals surface area (Å²) in [6.45, 7) is 3.22. The Balaban J connectivity index is 0.000000256. The second-order valence-electron chi connectivity index (χ2n) is 12.0. The summed E-state index contributed by atoms with van der Waals surface area (Å²) in [5.74, 6) is -3.05. The number of carboxylic acids is 2. The number of carbonyl (C=O) groups excluding carboxylic acids is 1. The molecule has 0 radical (unpaired) electrons. The number of carbonyl (C=O) groups is 2. The molecule has 6 rings (SSSR count). The van der Waals surface area contributed by atoms with Crippen molar-refractivity contribution in [2.24, 2.45) is 20.5 Å². The fourth-order valence-electron chi connectivity index (χ4n) is 5.07. The molecular formula is C34H29Cl2CrN10O10S2+. The third kappa shape index (κ3) is 10.7. The Kier molecular flexibility index (Phi) is 14.1. The van der Waals surface area contributed by atoms with Crippen molar-refractivity contribution in [1.29, 1.82) is 0 Å². The van der Waals surface area contributed by atoms with Gasteiger partial charge in [0.25, 0.3) is 5.56 Å². The summed E-state index contributed by atoms with van der Waals surface area (Å²) < 4.78 is 48.4. The Bertz CT molecular complexity index is 2830. The normalized spacial score (nSPS) is 11.6. The zero-order valence-electron chi connectivity index (χ0n) is 30.2. The van der Waals surface area contributed by atoms with E-state index in [9.17, 15) is 46.2 Å². The number of halogens is 2. The van der Waals surface area contributed by atoms with Crippen molar-refractivity contribution in [2.75, 3.05) is 0 Å². The van der Waals surface area contributed by atoms with E-state index in [0.717, 1.165) is 24.3 Å². The topological polar surface area (TPSA) is 326 Å². The summed E-state index contributed by atoms with van der Waals surface area (Å²) in [5, 5.41) is 49.4. The van der Waals surface area contributed by atoms with E-state index in [4.69, 9.17) is 28.3 Å². The molecule has 0 aliphatic rings. The van der Waals surface area contributed by atoms with Gasteiger partial charge in [0.05, 0.1) is 39.2 Å². The molecule has 20 nitrogen and oxygen atoms in total. The Morgan fingerprint density at radius 3 is 1.83 bits per heavy atom. The van der Waals surface area contributed by atoms with E-state index in [2.05, 4.69) is 35.8 Å². The van der Waals surface area contributed by atoms with Crippen molar-refractivity contribution in [3.8, 4) is 11.4 Å². The number of nitrogens with zero attached hydrogens (tertiary/aromatic N) is 5. The molecule has 0 fully saturated rings. The summed E-state index contributed by atoms with van der Waals surface area (Å²) in [6, 6.07) is 19.5. The minimum absolute atomic E-state index is 0. The molecule has 306 valence electrons. The van der Waals surface area contributed by atoms with E-state index in [0.29, 0.717) is 32.8 Å². The summed E-state index contributed by atoms with van der Waals surface area (Å²) in [7, 11) is -7.95. The second-order valence-corrected chi connectivity index (χ2v) is 16.1. The first kappa shape index (κ1) is 45.7. The van der Waals surface area contributed by atoms with Gasteiger partial charge in [0, 0.05) is 33.0 Å². The minimum atomic E-state index is -4.12. The first-order valence-electron chi connectivity index (χ1n) is 16.0. The van der Waals surface area contributed by atoms with Crippen LogP contribution in [0, 0.1) is 13.8 Å². The van der Waals surface area contributed by atoms with Gasteiger partial charge in [-0.3, -0.25) is 19.8 Å². The van der Waals surface area contributed by atoms with Crippen molar-refractivity contribution in [3.05, 3.63) is 138 Å².